The molecule has 66 valence electrons. The van der Waals surface area contributed by atoms with Crippen LogP contribution in [0, 0.1) is 5.92 Å². The Morgan fingerprint density at radius 3 is 2.45 bits per heavy atom. The van der Waals surface area contributed by atoms with Crippen LogP contribution in [0.4, 0.5) is 0 Å². The highest BCUT2D eigenvalue weighted by Crippen LogP contribution is 2.10. The van der Waals surface area contributed by atoms with Gasteiger partial charge < -0.3 is 5.11 Å². The van der Waals surface area contributed by atoms with Gasteiger partial charge in [0.25, 0.3) is 0 Å². The van der Waals surface area contributed by atoms with Crippen LogP contribution in [0.1, 0.15) is 40.0 Å². The van der Waals surface area contributed by atoms with Crippen LogP contribution in [-0.2, 0) is 0 Å². The van der Waals surface area contributed by atoms with Gasteiger partial charge in [-0.15, -0.1) is 0 Å². The van der Waals surface area contributed by atoms with Crippen molar-refractivity contribution in [3.05, 3.63) is 11.6 Å². The topological polar surface area (TPSA) is 20.2 Å². The molecule has 0 saturated carbocycles. The molecular weight excluding hydrogens is 136 g/mol. The van der Waals surface area contributed by atoms with Gasteiger partial charge in [0, 0.05) is 6.61 Å². The highest BCUT2D eigenvalue weighted by molar-refractivity contribution is 4.95. The minimum atomic E-state index is 0.335. The van der Waals surface area contributed by atoms with Crippen LogP contribution in [0.5, 0.6) is 0 Å². The van der Waals surface area contributed by atoms with Gasteiger partial charge in [-0.3, -0.25) is 0 Å². The zero-order chi connectivity index (χ0) is 8.69. The molecule has 0 aliphatic carbocycles. The Kier molecular flexibility index (Phi) is 6.24. The van der Waals surface area contributed by atoms with E-state index in [9.17, 15) is 0 Å². The van der Waals surface area contributed by atoms with Crippen molar-refractivity contribution >= 4 is 0 Å². The minimum Gasteiger partial charge on any atom is -0.396 e. The van der Waals surface area contributed by atoms with Gasteiger partial charge >= 0.3 is 0 Å². The van der Waals surface area contributed by atoms with E-state index in [0.717, 1.165) is 12.8 Å². The molecule has 0 spiro atoms. The molecule has 0 heterocycles. The smallest absolute Gasteiger partial charge is 0.0431 e. The fourth-order valence-corrected chi connectivity index (χ4v) is 1.23. The molecule has 0 radical (unpaired) electrons. The van der Waals surface area contributed by atoms with Crippen LogP contribution in [-0.4, -0.2) is 11.7 Å². The second-order valence-electron chi connectivity index (χ2n) is 3.44. The lowest BCUT2D eigenvalue weighted by atomic mass is 10.0. The van der Waals surface area contributed by atoms with Gasteiger partial charge in [0.15, 0.2) is 0 Å². The summed E-state index contributed by atoms with van der Waals surface area (Å²) in [4.78, 5) is 0. The summed E-state index contributed by atoms with van der Waals surface area (Å²) in [6.45, 7) is 6.82. The molecular formula is C10H20O. The molecule has 0 saturated heterocycles. The van der Waals surface area contributed by atoms with Crippen molar-refractivity contribution in [3.63, 3.8) is 0 Å². The third kappa shape index (κ3) is 7.60. The molecule has 0 aromatic carbocycles. The van der Waals surface area contributed by atoms with Crippen molar-refractivity contribution in [3.8, 4) is 0 Å². The molecule has 1 atom stereocenters. The van der Waals surface area contributed by atoms with Gasteiger partial charge in [-0.05, 0) is 32.6 Å². The normalized spacial score (nSPS) is 12.7. The van der Waals surface area contributed by atoms with Crippen LogP contribution in [0.3, 0.4) is 0 Å². The summed E-state index contributed by atoms with van der Waals surface area (Å²) in [5.41, 5.74) is 1.39. The fourth-order valence-electron chi connectivity index (χ4n) is 1.23. The molecule has 1 nitrogen and oxygen atoms in total. The number of allylic oxidation sites excluding steroid dienone is 2. The van der Waals surface area contributed by atoms with Gasteiger partial charge in [-0.2, -0.15) is 0 Å². The van der Waals surface area contributed by atoms with Crippen LogP contribution in [0.2, 0.25) is 0 Å². The van der Waals surface area contributed by atoms with Gasteiger partial charge in [0.05, 0.1) is 0 Å². The number of aliphatic hydroxyl groups excluding tert-OH is 1. The van der Waals surface area contributed by atoms with E-state index in [1.807, 2.05) is 0 Å². The maximum absolute atomic E-state index is 8.55. The van der Waals surface area contributed by atoms with E-state index in [2.05, 4.69) is 26.8 Å². The van der Waals surface area contributed by atoms with E-state index < -0.39 is 0 Å². The Morgan fingerprint density at radius 1 is 1.36 bits per heavy atom. The van der Waals surface area contributed by atoms with Gasteiger partial charge in [-0.25, -0.2) is 0 Å². The van der Waals surface area contributed by atoms with Crippen molar-refractivity contribution in [2.45, 2.75) is 40.0 Å². The quantitative estimate of drug-likeness (QED) is 0.479. The molecule has 11 heavy (non-hydrogen) atoms. The van der Waals surface area contributed by atoms with E-state index in [0.29, 0.717) is 12.5 Å². The Labute approximate surface area is 70.1 Å². The van der Waals surface area contributed by atoms with E-state index in [-0.39, 0.29) is 0 Å². The molecule has 0 aromatic heterocycles. The van der Waals surface area contributed by atoms with Crippen LogP contribution in [0.25, 0.3) is 0 Å². The number of rotatable bonds is 5. The second-order valence-corrected chi connectivity index (χ2v) is 3.44. The summed E-state index contributed by atoms with van der Waals surface area (Å²) in [6, 6.07) is 0. The lowest BCUT2D eigenvalue weighted by Gasteiger charge is -2.05. The molecule has 0 bridgehead atoms. The molecule has 0 aliphatic heterocycles. The van der Waals surface area contributed by atoms with Gasteiger partial charge in [-0.1, -0.05) is 25.0 Å². The number of aliphatic hydroxyl groups is 1. The molecule has 0 amide bonds. The van der Waals surface area contributed by atoms with Crippen molar-refractivity contribution < 1.29 is 5.11 Å². The Balaban J connectivity index is 3.37. The predicted molar refractivity (Wildman–Crippen MR) is 49.5 cm³/mol. The largest absolute Gasteiger partial charge is 0.396 e. The number of unbranched alkanes of at least 4 members (excludes halogenated alkanes) is 1. The van der Waals surface area contributed by atoms with E-state index in [1.54, 1.807) is 0 Å². The van der Waals surface area contributed by atoms with E-state index >= 15 is 0 Å². The van der Waals surface area contributed by atoms with Crippen molar-refractivity contribution in [1.29, 1.82) is 0 Å². The molecule has 0 aromatic rings. The first-order valence-electron chi connectivity index (χ1n) is 4.42. The van der Waals surface area contributed by atoms with Crippen molar-refractivity contribution in [1.82, 2.24) is 0 Å². The first-order chi connectivity index (χ1) is 5.16. The third-order valence-corrected chi connectivity index (χ3v) is 1.69. The molecule has 1 N–H and O–H groups in total. The van der Waals surface area contributed by atoms with Crippen LogP contribution in [0.15, 0.2) is 11.6 Å². The fraction of sp³-hybridized carbons (Fsp3) is 0.800. The number of hydrogen-bond donors (Lipinski definition) is 1. The summed E-state index contributed by atoms with van der Waals surface area (Å²) < 4.78 is 0. The average Bonchev–Trinajstić information content (AvgIpc) is 1.86. The molecule has 0 aliphatic rings. The summed E-state index contributed by atoms with van der Waals surface area (Å²) in [5.74, 6) is 0.673. The van der Waals surface area contributed by atoms with Gasteiger partial charge in [0.2, 0.25) is 0 Å². The molecule has 1 heteroatoms. The van der Waals surface area contributed by atoms with E-state index in [1.165, 1.54) is 12.0 Å². The van der Waals surface area contributed by atoms with Crippen LogP contribution < -0.4 is 0 Å². The first kappa shape index (κ1) is 10.7. The van der Waals surface area contributed by atoms with Crippen molar-refractivity contribution in [2.24, 2.45) is 5.92 Å². The zero-order valence-electron chi connectivity index (χ0n) is 7.93. The summed E-state index contributed by atoms with van der Waals surface area (Å²) in [7, 11) is 0. The molecule has 1 unspecified atom stereocenters. The second kappa shape index (κ2) is 6.41. The Bertz CT molecular complexity index is 112. The summed E-state index contributed by atoms with van der Waals surface area (Å²) >= 11 is 0. The number of hydrogen-bond acceptors (Lipinski definition) is 1. The molecule has 0 rings (SSSR count). The maximum Gasteiger partial charge on any atom is 0.0431 e. The monoisotopic (exact) mass is 156 g/mol. The highest BCUT2D eigenvalue weighted by atomic mass is 16.2. The van der Waals surface area contributed by atoms with Gasteiger partial charge in [0.1, 0.15) is 0 Å². The third-order valence-electron chi connectivity index (χ3n) is 1.69. The van der Waals surface area contributed by atoms with Crippen molar-refractivity contribution in [2.75, 3.05) is 6.61 Å². The lowest BCUT2D eigenvalue weighted by Crippen LogP contribution is -1.92. The lowest BCUT2D eigenvalue weighted by molar-refractivity contribution is 0.281. The SMILES string of the molecule is CC(C)=CC(C)CCCCO. The molecule has 0 fully saturated rings. The highest BCUT2D eigenvalue weighted by Gasteiger charge is 1.96. The maximum atomic E-state index is 8.55. The summed E-state index contributed by atoms with van der Waals surface area (Å²) in [6.07, 6.45) is 5.57. The average molecular weight is 156 g/mol. The zero-order valence-corrected chi connectivity index (χ0v) is 7.93. The Hall–Kier alpha value is -0.300. The standard InChI is InChI=1S/C10H20O/c1-9(2)8-10(3)6-4-5-7-11/h8,10-11H,4-7H2,1-3H3. The Morgan fingerprint density at radius 2 is 2.00 bits per heavy atom. The predicted octanol–water partition coefficient (Wildman–Crippen LogP) is 2.75. The van der Waals surface area contributed by atoms with Crippen LogP contribution >= 0.6 is 0 Å². The first-order valence-corrected chi connectivity index (χ1v) is 4.42. The summed E-state index contributed by atoms with van der Waals surface area (Å²) in [5, 5.41) is 8.55. The van der Waals surface area contributed by atoms with E-state index in [4.69, 9.17) is 5.11 Å². The minimum absolute atomic E-state index is 0.335.